The van der Waals surface area contributed by atoms with E-state index >= 15 is 0 Å². The molecule has 0 amide bonds. The fourth-order valence-corrected chi connectivity index (χ4v) is 1.98. The fourth-order valence-electron chi connectivity index (χ4n) is 1.98. The number of fused-ring (bicyclic) bond motifs is 1. The summed E-state index contributed by atoms with van der Waals surface area (Å²) in [7, 11) is 0. The summed E-state index contributed by atoms with van der Waals surface area (Å²) in [6.07, 6.45) is 0. The standard InChI is InChI=1S/C14H11N3O/c15-13-14(18)17(10-6-2-1-3-7-10)12-9-5-4-8-11(12)16-13/h1-9H,(H2,15,16). The molecule has 0 bridgehead atoms. The predicted molar refractivity (Wildman–Crippen MR) is 71.8 cm³/mol. The zero-order chi connectivity index (χ0) is 12.5. The smallest absolute Gasteiger partial charge is 0.298 e. The number of rotatable bonds is 1. The summed E-state index contributed by atoms with van der Waals surface area (Å²) in [5.41, 5.74) is 7.63. The lowest BCUT2D eigenvalue weighted by Gasteiger charge is -2.10. The number of anilines is 1. The Labute approximate surface area is 103 Å². The summed E-state index contributed by atoms with van der Waals surface area (Å²) in [5.74, 6) is 0.0116. The fraction of sp³-hybridized carbons (Fsp3) is 0. The van der Waals surface area contributed by atoms with Crippen molar-refractivity contribution in [2.45, 2.75) is 0 Å². The highest BCUT2D eigenvalue weighted by Crippen LogP contribution is 2.15. The average molecular weight is 237 g/mol. The Hall–Kier alpha value is -2.62. The van der Waals surface area contributed by atoms with Crippen molar-refractivity contribution in [1.29, 1.82) is 0 Å². The van der Waals surface area contributed by atoms with Crippen molar-refractivity contribution in [3.05, 3.63) is 65.0 Å². The number of para-hydroxylation sites is 3. The Morgan fingerprint density at radius 3 is 2.39 bits per heavy atom. The van der Waals surface area contributed by atoms with E-state index in [1.54, 1.807) is 4.57 Å². The third kappa shape index (κ3) is 1.55. The molecular weight excluding hydrogens is 226 g/mol. The van der Waals surface area contributed by atoms with Crippen LogP contribution in [0.5, 0.6) is 0 Å². The molecule has 2 N–H and O–H groups in total. The minimum absolute atomic E-state index is 0.0116. The van der Waals surface area contributed by atoms with Crippen molar-refractivity contribution in [2.75, 3.05) is 5.73 Å². The molecule has 0 atom stereocenters. The second-order valence-corrected chi connectivity index (χ2v) is 3.96. The molecular formula is C14H11N3O. The minimum atomic E-state index is -0.292. The highest BCUT2D eigenvalue weighted by molar-refractivity contribution is 5.77. The van der Waals surface area contributed by atoms with Gasteiger partial charge in [-0.2, -0.15) is 0 Å². The maximum Gasteiger partial charge on any atom is 0.298 e. The van der Waals surface area contributed by atoms with E-state index < -0.39 is 0 Å². The average Bonchev–Trinajstić information content (AvgIpc) is 2.41. The summed E-state index contributed by atoms with van der Waals surface area (Å²) < 4.78 is 1.58. The van der Waals surface area contributed by atoms with Crippen LogP contribution in [0.3, 0.4) is 0 Å². The molecule has 4 heteroatoms. The van der Waals surface area contributed by atoms with Gasteiger partial charge < -0.3 is 5.73 Å². The molecule has 3 aromatic rings. The van der Waals surface area contributed by atoms with Gasteiger partial charge in [0.1, 0.15) is 0 Å². The van der Waals surface area contributed by atoms with Crippen LogP contribution in [0.15, 0.2) is 59.4 Å². The van der Waals surface area contributed by atoms with E-state index in [0.717, 1.165) is 11.2 Å². The van der Waals surface area contributed by atoms with Gasteiger partial charge >= 0.3 is 0 Å². The van der Waals surface area contributed by atoms with Crippen LogP contribution in [0.4, 0.5) is 5.82 Å². The number of nitrogen functional groups attached to an aromatic ring is 1. The SMILES string of the molecule is Nc1nc2ccccc2n(-c2ccccc2)c1=O. The Morgan fingerprint density at radius 1 is 0.944 bits per heavy atom. The summed E-state index contributed by atoms with van der Waals surface area (Å²) in [6.45, 7) is 0. The van der Waals surface area contributed by atoms with Gasteiger partial charge in [-0.15, -0.1) is 0 Å². The van der Waals surface area contributed by atoms with Crippen LogP contribution >= 0.6 is 0 Å². The van der Waals surface area contributed by atoms with E-state index in [0.29, 0.717) is 5.52 Å². The van der Waals surface area contributed by atoms with Gasteiger partial charge in [-0.3, -0.25) is 9.36 Å². The molecule has 2 aromatic carbocycles. The number of benzene rings is 2. The van der Waals surface area contributed by atoms with E-state index in [1.807, 2.05) is 54.6 Å². The van der Waals surface area contributed by atoms with Crippen molar-refractivity contribution >= 4 is 16.9 Å². The summed E-state index contributed by atoms with van der Waals surface area (Å²) in [4.78, 5) is 16.3. The first-order valence-corrected chi connectivity index (χ1v) is 5.60. The second kappa shape index (κ2) is 4.00. The van der Waals surface area contributed by atoms with E-state index in [1.165, 1.54) is 0 Å². The third-order valence-electron chi connectivity index (χ3n) is 2.80. The number of aromatic nitrogens is 2. The van der Waals surface area contributed by atoms with E-state index in [-0.39, 0.29) is 11.4 Å². The maximum atomic E-state index is 12.2. The van der Waals surface area contributed by atoms with Crippen LogP contribution in [0.1, 0.15) is 0 Å². The van der Waals surface area contributed by atoms with Gasteiger partial charge in [0.15, 0.2) is 5.82 Å². The topological polar surface area (TPSA) is 60.9 Å². The number of hydrogen-bond donors (Lipinski definition) is 1. The van der Waals surface area contributed by atoms with Gasteiger partial charge in [-0.05, 0) is 24.3 Å². The highest BCUT2D eigenvalue weighted by Gasteiger charge is 2.09. The molecule has 1 heterocycles. The summed E-state index contributed by atoms with van der Waals surface area (Å²) in [6, 6.07) is 16.8. The second-order valence-electron chi connectivity index (χ2n) is 3.96. The van der Waals surface area contributed by atoms with Gasteiger partial charge in [-0.1, -0.05) is 30.3 Å². The van der Waals surface area contributed by atoms with Crippen LogP contribution in [-0.4, -0.2) is 9.55 Å². The maximum absolute atomic E-state index is 12.2. The zero-order valence-electron chi connectivity index (χ0n) is 9.58. The molecule has 0 spiro atoms. The van der Waals surface area contributed by atoms with Crippen LogP contribution in [0.2, 0.25) is 0 Å². The van der Waals surface area contributed by atoms with Gasteiger partial charge in [0, 0.05) is 5.69 Å². The van der Waals surface area contributed by atoms with E-state index in [4.69, 9.17) is 5.73 Å². The molecule has 0 fully saturated rings. The van der Waals surface area contributed by atoms with Gasteiger partial charge in [0.05, 0.1) is 11.0 Å². The van der Waals surface area contributed by atoms with Crippen molar-refractivity contribution in [2.24, 2.45) is 0 Å². The molecule has 0 aliphatic rings. The Kier molecular flexibility index (Phi) is 2.34. The van der Waals surface area contributed by atoms with Crippen molar-refractivity contribution < 1.29 is 0 Å². The lowest BCUT2D eigenvalue weighted by Crippen LogP contribution is -2.23. The Bertz CT molecular complexity index is 763. The quantitative estimate of drug-likeness (QED) is 0.703. The number of hydrogen-bond acceptors (Lipinski definition) is 3. The Morgan fingerprint density at radius 2 is 1.61 bits per heavy atom. The van der Waals surface area contributed by atoms with Crippen molar-refractivity contribution in [1.82, 2.24) is 9.55 Å². The third-order valence-corrected chi connectivity index (χ3v) is 2.80. The lowest BCUT2D eigenvalue weighted by atomic mass is 10.2. The molecule has 3 rings (SSSR count). The monoisotopic (exact) mass is 237 g/mol. The van der Waals surface area contributed by atoms with Gasteiger partial charge in [-0.25, -0.2) is 4.98 Å². The lowest BCUT2D eigenvalue weighted by molar-refractivity contribution is 1.02. The molecule has 4 nitrogen and oxygen atoms in total. The first-order chi connectivity index (χ1) is 8.77. The Balaban J connectivity index is 2.47. The van der Waals surface area contributed by atoms with Crippen molar-refractivity contribution in [3.8, 4) is 5.69 Å². The van der Waals surface area contributed by atoms with Crippen LogP contribution in [0.25, 0.3) is 16.7 Å². The van der Waals surface area contributed by atoms with Crippen LogP contribution < -0.4 is 11.3 Å². The molecule has 0 radical (unpaired) electrons. The zero-order valence-corrected chi connectivity index (χ0v) is 9.58. The van der Waals surface area contributed by atoms with Crippen LogP contribution in [-0.2, 0) is 0 Å². The first kappa shape index (κ1) is 10.5. The molecule has 1 aromatic heterocycles. The molecule has 0 aliphatic heterocycles. The van der Waals surface area contributed by atoms with Crippen LogP contribution in [0, 0.1) is 0 Å². The number of nitrogens with zero attached hydrogens (tertiary/aromatic N) is 2. The molecule has 0 unspecified atom stereocenters. The largest absolute Gasteiger partial charge is 0.379 e. The van der Waals surface area contributed by atoms with Gasteiger partial charge in [0.2, 0.25) is 0 Å². The molecule has 18 heavy (non-hydrogen) atoms. The summed E-state index contributed by atoms with van der Waals surface area (Å²) in [5, 5.41) is 0. The minimum Gasteiger partial charge on any atom is -0.379 e. The normalized spacial score (nSPS) is 10.7. The van der Waals surface area contributed by atoms with Crippen molar-refractivity contribution in [3.63, 3.8) is 0 Å². The van der Waals surface area contributed by atoms with Gasteiger partial charge in [0.25, 0.3) is 5.56 Å². The number of nitrogens with two attached hydrogens (primary N) is 1. The predicted octanol–water partition coefficient (Wildman–Crippen LogP) is 1.97. The molecule has 0 saturated carbocycles. The summed E-state index contributed by atoms with van der Waals surface area (Å²) >= 11 is 0. The molecule has 88 valence electrons. The molecule has 0 saturated heterocycles. The highest BCUT2D eigenvalue weighted by atomic mass is 16.1. The van der Waals surface area contributed by atoms with E-state index in [9.17, 15) is 4.79 Å². The first-order valence-electron chi connectivity index (χ1n) is 5.60. The van der Waals surface area contributed by atoms with E-state index in [2.05, 4.69) is 4.98 Å². The molecule has 0 aliphatic carbocycles.